The second-order valence-corrected chi connectivity index (χ2v) is 20.2. The number of ether oxygens (including phenoxy) is 1. The number of rotatable bonds is 32. The maximum atomic E-state index is 12.3. The Labute approximate surface area is 412 Å². The van der Waals surface area contributed by atoms with E-state index >= 15 is 0 Å². The van der Waals surface area contributed by atoms with E-state index in [4.69, 9.17) is 4.74 Å². The molecule has 0 atom stereocenters. The van der Waals surface area contributed by atoms with Gasteiger partial charge in [-0.2, -0.15) is 0 Å². The van der Waals surface area contributed by atoms with Gasteiger partial charge in [0, 0.05) is 5.56 Å². The van der Waals surface area contributed by atoms with E-state index < -0.39 is 5.97 Å². The first-order valence-corrected chi connectivity index (χ1v) is 25.8. The monoisotopic (exact) mass is 917 g/mol. The van der Waals surface area contributed by atoms with Crippen LogP contribution in [0, 0.1) is 20.8 Å². The minimum absolute atomic E-state index is 0.237. The predicted molar refractivity (Wildman–Crippen MR) is 293 cm³/mol. The van der Waals surface area contributed by atoms with E-state index in [-0.39, 0.29) is 18.0 Å². The Morgan fingerprint density at radius 2 is 0.657 bits per heavy atom. The zero-order valence-corrected chi connectivity index (χ0v) is 45.6. The van der Waals surface area contributed by atoms with Crippen LogP contribution in [0.4, 0.5) is 0 Å². The van der Waals surface area contributed by atoms with Gasteiger partial charge in [0.1, 0.15) is 23.7 Å². The van der Waals surface area contributed by atoms with Crippen molar-refractivity contribution in [1.82, 2.24) is 0 Å². The number of phenolic OH excluding ortho intramolecular Hbond substituents is 1. The third-order valence-electron chi connectivity index (χ3n) is 12.9. The standard InChI is InChI=1S/C63H96O4/c1-46(2)25-16-26-47(3)27-17-28-48(4)29-18-30-49(5)31-19-32-50(6)33-20-34-51(7)35-21-36-52(8)37-22-38-53(9)39-23-40-54(10)41-24-42-55(11)43-44-60-59(15)63(58(14)57(13)62(60)66)67-61(65)45-56(12)64/h25,27,29,31,33,35,37,39,41,43,66H,16-24,26,28,30,32,34,36,38,40,42,44-45H2,1-15H3/b47-27+,48-29+,49-31+,50-33+,51-35+,52-37+,53-39+,54-41+,55-43+. The largest absolute Gasteiger partial charge is 0.507 e. The van der Waals surface area contributed by atoms with E-state index in [1.807, 2.05) is 20.8 Å². The summed E-state index contributed by atoms with van der Waals surface area (Å²) in [6.45, 7) is 31.6. The lowest BCUT2D eigenvalue weighted by Gasteiger charge is -2.18. The number of benzene rings is 1. The van der Waals surface area contributed by atoms with Crippen LogP contribution in [0.5, 0.6) is 11.5 Å². The summed E-state index contributed by atoms with van der Waals surface area (Å²) in [7, 11) is 0. The van der Waals surface area contributed by atoms with Gasteiger partial charge in [0.05, 0.1) is 0 Å². The van der Waals surface area contributed by atoms with Gasteiger partial charge in [-0.05, 0) is 243 Å². The summed E-state index contributed by atoms with van der Waals surface area (Å²) >= 11 is 0. The highest BCUT2D eigenvalue weighted by Crippen LogP contribution is 2.38. The highest BCUT2D eigenvalue weighted by molar-refractivity contribution is 5.95. The van der Waals surface area contributed by atoms with Crippen LogP contribution in [-0.2, 0) is 16.0 Å². The van der Waals surface area contributed by atoms with Crippen molar-refractivity contribution in [2.75, 3.05) is 0 Å². The summed E-state index contributed by atoms with van der Waals surface area (Å²) in [5.74, 6) is -0.123. The van der Waals surface area contributed by atoms with Gasteiger partial charge in [-0.3, -0.25) is 9.59 Å². The molecule has 67 heavy (non-hydrogen) atoms. The molecule has 0 aliphatic rings. The molecule has 4 heteroatoms. The number of hydrogen-bond acceptors (Lipinski definition) is 4. The number of allylic oxidation sites excluding steroid dienone is 20. The molecule has 1 N–H and O–H groups in total. The molecular weight excluding hydrogens is 821 g/mol. The van der Waals surface area contributed by atoms with Crippen LogP contribution in [-0.4, -0.2) is 16.9 Å². The first-order valence-electron chi connectivity index (χ1n) is 25.8. The predicted octanol–water partition coefficient (Wildman–Crippen LogP) is 19.2. The van der Waals surface area contributed by atoms with Gasteiger partial charge in [-0.25, -0.2) is 0 Å². The molecule has 0 saturated heterocycles. The maximum absolute atomic E-state index is 12.3. The third kappa shape index (κ3) is 29.1. The van der Waals surface area contributed by atoms with E-state index in [1.165, 1.54) is 75.5 Å². The molecule has 4 nitrogen and oxygen atoms in total. The molecule has 0 radical (unpaired) electrons. The summed E-state index contributed by atoms with van der Waals surface area (Å²) in [5, 5.41) is 10.9. The summed E-state index contributed by atoms with van der Waals surface area (Å²) in [6, 6.07) is 0. The van der Waals surface area contributed by atoms with E-state index in [0.29, 0.717) is 23.3 Å². The number of carbonyl (C=O) groups excluding carboxylic acids is 2. The van der Waals surface area contributed by atoms with Crippen molar-refractivity contribution in [2.24, 2.45) is 0 Å². The second-order valence-electron chi connectivity index (χ2n) is 20.2. The van der Waals surface area contributed by atoms with Gasteiger partial charge in [-0.15, -0.1) is 0 Å². The fraction of sp³-hybridized carbons (Fsp3) is 0.556. The molecule has 0 aliphatic carbocycles. The highest BCUT2D eigenvalue weighted by atomic mass is 16.5. The van der Waals surface area contributed by atoms with Crippen molar-refractivity contribution in [3.8, 4) is 11.5 Å². The van der Waals surface area contributed by atoms with E-state index in [0.717, 1.165) is 114 Å². The molecule has 0 bridgehead atoms. The van der Waals surface area contributed by atoms with Gasteiger partial charge >= 0.3 is 5.97 Å². The van der Waals surface area contributed by atoms with Crippen LogP contribution in [0.2, 0.25) is 0 Å². The Morgan fingerprint density at radius 3 is 0.925 bits per heavy atom. The Kier molecular flexibility index (Phi) is 31.5. The lowest BCUT2D eigenvalue weighted by atomic mass is 9.94. The fourth-order valence-corrected chi connectivity index (χ4v) is 8.08. The molecule has 372 valence electrons. The summed E-state index contributed by atoms with van der Waals surface area (Å²) in [6.07, 6.45) is 44.3. The number of esters is 1. The summed E-state index contributed by atoms with van der Waals surface area (Å²) in [5.41, 5.74) is 17.5. The smallest absolute Gasteiger partial charge is 0.318 e. The lowest BCUT2D eigenvalue weighted by Crippen LogP contribution is -2.14. The van der Waals surface area contributed by atoms with Crippen molar-refractivity contribution in [3.63, 3.8) is 0 Å². The van der Waals surface area contributed by atoms with Gasteiger partial charge in [0.15, 0.2) is 0 Å². The molecule has 1 aromatic carbocycles. The fourth-order valence-electron chi connectivity index (χ4n) is 8.08. The first-order chi connectivity index (χ1) is 31.7. The summed E-state index contributed by atoms with van der Waals surface area (Å²) < 4.78 is 5.59. The zero-order valence-electron chi connectivity index (χ0n) is 45.6. The second kappa shape index (κ2) is 34.8. The van der Waals surface area contributed by atoms with Crippen LogP contribution in [0.15, 0.2) is 116 Å². The first kappa shape index (κ1) is 60.6. The van der Waals surface area contributed by atoms with Crippen molar-refractivity contribution in [2.45, 2.75) is 232 Å². The van der Waals surface area contributed by atoms with Crippen LogP contribution in [0.25, 0.3) is 0 Å². The molecule has 0 saturated carbocycles. The number of hydrogen-bond donors (Lipinski definition) is 1. The van der Waals surface area contributed by atoms with Crippen molar-refractivity contribution >= 4 is 11.8 Å². The number of carbonyl (C=O) groups is 2. The third-order valence-corrected chi connectivity index (χ3v) is 12.9. The molecule has 1 aromatic rings. The Bertz CT molecular complexity index is 2040. The van der Waals surface area contributed by atoms with Crippen LogP contribution >= 0.6 is 0 Å². The molecule has 0 fully saturated rings. The average molecular weight is 917 g/mol. The van der Waals surface area contributed by atoms with Crippen LogP contribution in [0.3, 0.4) is 0 Å². The number of ketones is 1. The molecule has 0 aromatic heterocycles. The lowest BCUT2D eigenvalue weighted by molar-refractivity contribution is -0.137. The highest BCUT2D eigenvalue weighted by Gasteiger charge is 2.20. The van der Waals surface area contributed by atoms with Crippen molar-refractivity contribution < 1.29 is 19.4 Å². The van der Waals surface area contributed by atoms with Gasteiger partial charge < -0.3 is 9.84 Å². The van der Waals surface area contributed by atoms with E-state index in [9.17, 15) is 14.7 Å². The Hall–Kier alpha value is -4.44. The van der Waals surface area contributed by atoms with Gasteiger partial charge in [0.25, 0.3) is 0 Å². The number of aromatic hydroxyl groups is 1. The molecule has 0 spiro atoms. The Morgan fingerprint density at radius 1 is 0.388 bits per heavy atom. The van der Waals surface area contributed by atoms with Crippen LogP contribution in [0.1, 0.15) is 227 Å². The van der Waals surface area contributed by atoms with Crippen molar-refractivity contribution in [3.05, 3.63) is 139 Å². The molecule has 0 aliphatic heterocycles. The molecular formula is C63H96O4. The molecule has 0 unspecified atom stereocenters. The minimum Gasteiger partial charge on any atom is -0.507 e. The summed E-state index contributed by atoms with van der Waals surface area (Å²) in [4.78, 5) is 23.7. The molecule has 0 amide bonds. The molecule has 0 heterocycles. The van der Waals surface area contributed by atoms with Gasteiger partial charge in [-0.1, -0.05) is 116 Å². The Balaban J connectivity index is 2.37. The SMILES string of the molecule is CC(=O)CC(=O)Oc1c(C)c(C)c(O)c(C/C=C(\C)CC/C=C(\C)CC/C=C(\C)CC/C=C(\C)CC/C=C(\C)CC/C=C(\C)CC/C=C(\C)CC/C=C(\C)CC/C=C(\C)CCC=C(C)C)c1C. The van der Waals surface area contributed by atoms with E-state index in [1.54, 1.807) is 0 Å². The minimum atomic E-state index is -0.572. The number of Topliss-reactive ketones (excluding diaryl/α,β-unsaturated/α-hetero) is 1. The van der Waals surface area contributed by atoms with Crippen molar-refractivity contribution in [1.29, 1.82) is 0 Å². The average Bonchev–Trinajstić information content (AvgIpc) is 3.24. The normalized spacial score (nSPS) is 14.0. The van der Waals surface area contributed by atoms with Gasteiger partial charge in [0.2, 0.25) is 0 Å². The zero-order chi connectivity index (χ0) is 50.3. The topological polar surface area (TPSA) is 63.6 Å². The van der Waals surface area contributed by atoms with Crippen LogP contribution < -0.4 is 4.74 Å². The molecule has 1 rings (SSSR count). The maximum Gasteiger partial charge on any atom is 0.318 e. The number of phenols is 1. The van der Waals surface area contributed by atoms with E-state index in [2.05, 4.69) is 137 Å². The quantitative estimate of drug-likeness (QED) is 0.0338.